The van der Waals surface area contributed by atoms with Crippen molar-refractivity contribution in [2.45, 2.75) is 100 Å². The normalized spacial score (nSPS) is 22.3. The fraction of sp³-hybridized carbons (Fsp3) is 0.509. The molecule has 1 aliphatic carbocycles. The number of fused-ring (bicyclic) bond motifs is 2. The Hall–Kier alpha value is -7.79. The Morgan fingerprint density at radius 3 is 1.89 bits per heavy atom. The predicted molar refractivity (Wildman–Crippen MR) is 286 cm³/mol. The Kier molecular flexibility index (Phi) is 15.2. The third-order valence-electron chi connectivity index (χ3n) is 16.9. The fourth-order valence-electron chi connectivity index (χ4n) is 12.4. The Morgan fingerprint density at radius 2 is 1.24 bits per heavy atom. The van der Waals surface area contributed by atoms with Gasteiger partial charge in [-0.15, -0.1) is 0 Å². The molecule has 20 nitrogen and oxygen atoms in total. The first-order valence-corrected chi connectivity index (χ1v) is 27.6. The number of hydrogen-bond acceptors (Lipinski definition) is 8. The number of imidazole rings is 2. The molecule has 79 heavy (non-hydrogen) atoms. The summed E-state index contributed by atoms with van der Waals surface area (Å²) in [6.07, 6.45) is 10.8. The van der Waals surface area contributed by atoms with E-state index in [1.54, 1.807) is 47.1 Å². The van der Waals surface area contributed by atoms with Gasteiger partial charge in [0.2, 0.25) is 0 Å². The molecule has 4 saturated heterocycles. The highest BCUT2D eigenvalue weighted by atomic mass is 19.2. The number of hydrogen-bond donors (Lipinski definition) is 6. The molecule has 24 heteroatoms. The van der Waals surface area contributed by atoms with Crippen molar-refractivity contribution in [3.05, 3.63) is 116 Å². The quantitative estimate of drug-likeness (QED) is 0.0883. The summed E-state index contributed by atoms with van der Waals surface area (Å²) in [5.41, 5.74) is 1.65. The summed E-state index contributed by atoms with van der Waals surface area (Å²) in [5.74, 6) is -4.41. The van der Waals surface area contributed by atoms with E-state index in [4.69, 9.17) is 0 Å². The zero-order chi connectivity index (χ0) is 55.1. The highest BCUT2D eigenvalue weighted by Gasteiger charge is 2.37. The number of carbonyl (C=O) groups excluding carboxylic acids is 4. The molecule has 5 aliphatic heterocycles. The number of rotatable bonds is 9. The minimum absolute atomic E-state index is 0.0603. The highest BCUT2D eigenvalue weighted by Crippen LogP contribution is 2.39. The Balaban J connectivity index is 0.751. The lowest BCUT2D eigenvalue weighted by Gasteiger charge is -2.34. The van der Waals surface area contributed by atoms with Gasteiger partial charge in [0.1, 0.15) is 5.82 Å². The van der Waals surface area contributed by atoms with Crippen molar-refractivity contribution in [3.8, 4) is 0 Å². The van der Waals surface area contributed by atoms with Crippen LogP contribution in [0.15, 0.2) is 64.3 Å². The average Bonchev–Trinajstić information content (AvgIpc) is 4.28. The van der Waals surface area contributed by atoms with E-state index in [1.165, 1.54) is 24.1 Å². The molecule has 0 unspecified atom stereocenters. The molecule has 0 spiro atoms. The molecule has 8 heterocycles. The van der Waals surface area contributed by atoms with Crippen LogP contribution < -0.4 is 37.5 Å². The zero-order valence-corrected chi connectivity index (χ0v) is 44.0. The first-order valence-electron chi connectivity index (χ1n) is 27.6. The number of aromatic amines is 2. The maximum Gasteiger partial charge on any atom is 0.327 e. The molecule has 4 atom stereocenters. The molecule has 0 radical (unpaired) electrons. The van der Waals surface area contributed by atoms with Crippen LogP contribution in [0.5, 0.6) is 0 Å². The van der Waals surface area contributed by atoms with Crippen molar-refractivity contribution in [1.82, 2.24) is 65.0 Å². The van der Waals surface area contributed by atoms with E-state index in [0.29, 0.717) is 118 Å². The highest BCUT2D eigenvalue weighted by molar-refractivity contribution is 5.78. The van der Waals surface area contributed by atoms with Gasteiger partial charge in [0.15, 0.2) is 28.9 Å². The van der Waals surface area contributed by atoms with Gasteiger partial charge in [0, 0.05) is 126 Å². The van der Waals surface area contributed by atoms with Crippen molar-refractivity contribution in [3.63, 3.8) is 0 Å². The number of halogens is 4. The lowest BCUT2D eigenvalue weighted by Crippen LogP contribution is -2.52. The van der Waals surface area contributed by atoms with E-state index in [1.807, 2.05) is 18.2 Å². The molecule has 420 valence electrons. The van der Waals surface area contributed by atoms with Crippen LogP contribution in [0.25, 0.3) is 17.2 Å². The van der Waals surface area contributed by atoms with E-state index < -0.39 is 58.9 Å². The number of nitrogens with zero attached hydrogens (tertiary/aromatic N) is 8. The van der Waals surface area contributed by atoms with E-state index >= 15 is 8.78 Å². The van der Waals surface area contributed by atoms with Crippen LogP contribution in [0.2, 0.25) is 0 Å². The number of piperidine rings is 2. The zero-order valence-electron chi connectivity index (χ0n) is 44.0. The van der Waals surface area contributed by atoms with Gasteiger partial charge in [0.05, 0.1) is 11.2 Å². The summed E-state index contributed by atoms with van der Waals surface area (Å²) >= 11 is 0. The number of anilines is 2. The smallest absolute Gasteiger partial charge is 0.327 e. The van der Waals surface area contributed by atoms with Gasteiger partial charge >= 0.3 is 35.5 Å². The van der Waals surface area contributed by atoms with Crippen LogP contribution in [-0.2, 0) is 0 Å². The van der Waals surface area contributed by atoms with Gasteiger partial charge in [-0.2, -0.15) is 0 Å². The number of nitrogens with one attached hydrogen (secondary N) is 6. The monoisotopic (exact) mass is 1090 g/mol. The fourth-order valence-corrected chi connectivity index (χ4v) is 12.4. The molecule has 1 saturated carbocycles. The van der Waals surface area contributed by atoms with Crippen LogP contribution >= 0.6 is 0 Å². The lowest BCUT2D eigenvalue weighted by atomic mass is 9.92. The Labute approximate surface area is 452 Å². The Bertz CT molecular complexity index is 3270. The standard InChI is InChI=1S/C55H66F4N14O6/c1-60-50(74)69-28-33(40-5-2-6-42(56)46(40)58)11-13-35(30-69)63-52(76)68-23-17-38(18-24-68)73-45-8-4-20-71(49(45)66-55(73)79)39-25-41(47(59)43(57)26-39)34-12-14-36(31-70(29-34)51(75)62-27-32-9-10-32)64-53(77)67-21-15-37(16-22-67)72-44-7-3-19-61-48(44)65-54(72)78/h2-8,19,25-26,32-38H,9-18,20-24,27-31H2,1H3,(H,60,74)(H,62,75)(H,63,76)(H,64,77)(H,66,79)(H,61,65,78)/t33-,34-,35-,36-/m1/s1. The molecular weight excluding hydrogens is 1030 g/mol. The molecule has 3 aromatic heterocycles. The van der Waals surface area contributed by atoms with Crippen LogP contribution in [0.3, 0.4) is 0 Å². The number of pyridine rings is 1. The Morgan fingerprint density at radius 1 is 0.633 bits per heavy atom. The molecule has 8 amide bonds. The SMILES string of the molecule is CNC(=O)N1C[C@H](NC(=O)N2CCC(n3c4c([nH]c3=O)N(c3cc(F)c(F)c([C@@H]5CC[C@@H](NC(=O)N6CCC(n7c(=O)[nH]c8ncccc87)CC6)CN(C(=O)NCC6CC6)C5)c3)CC=C4)CC2)CC[C@@H](c2cccc(F)c2F)C1. The van der Waals surface area contributed by atoms with Gasteiger partial charge in [-0.3, -0.25) is 19.1 Å². The third-order valence-corrected chi connectivity index (χ3v) is 16.9. The van der Waals surface area contributed by atoms with Crippen LogP contribution in [0, 0.1) is 29.2 Å². The van der Waals surface area contributed by atoms with Crippen molar-refractivity contribution in [2.75, 3.05) is 77.4 Å². The largest absolute Gasteiger partial charge is 0.341 e. The minimum atomic E-state index is -1.09. The van der Waals surface area contributed by atoms with Crippen molar-refractivity contribution >= 4 is 52.9 Å². The second-order valence-electron chi connectivity index (χ2n) is 22.0. The molecule has 6 aliphatic rings. The summed E-state index contributed by atoms with van der Waals surface area (Å²) in [4.78, 5) is 99.4. The van der Waals surface area contributed by atoms with E-state index in [-0.39, 0.29) is 79.7 Å². The van der Waals surface area contributed by atoms with Crippen molar-refractivity contribution in [1.29, 1.82) is 0 Å². The van der Waals surface area contributed by atoms with E-state index in [0.717, 1.165) is 25.0 Å². The first kappa shape index (κ1) is 53.2. The summed E-state index contributed by atoms with van der Waals surface area (Å²) in [5, 5.41) is 11.8. The second kappa shape index (κ2) is 22.5. The van der Waals surface area contributed by atoms with Gasteiger partial charge in [0.25, 0.3) is 0 Å². The van der Waals surface area contributed by atoms with Gasteiger partial charge < -0.3 is 45.8 Å². The van der Waals surface area contributed by atoms with Crippen LogP contribution in [-0.4, -0.2) is 152 Å². The average molecular weight is 1100 g/mol. The van der Waals surface area contributed by atoms with Crippen LogP contribution in [0.1, 0.15) is 105 Å². The van der Waals surface area contributed by atoms with E-state index in [9.17, 15) is 37.5 Å². The summed E-state index contributed by atoms with van der Waals surface area (Å²) in [6.45, 7) is 2.64. The van der Waals surface area contributed by atoms with Crippen molar-refractivity contribution in [2.24, 2.45) is 5.92 Å². The molecule has 5 fully saturated rings. The number of H-pyrrole nitrogens is 2. The number of aromatic nitrogens is 5. The second-order valence-corrected chi connectivity index (χ2v) is 22.0. The summed E-state index contributed by atoms with van der Waals surface area (Å²) in [6, 6.07) is 7.50. The molecule has 5 aromatic rings. The van der Waals surface area contributed by atoms with Crippen LogP contribution in [0.4, 0.5) is 48.2 Å². The molecule has 0 bridgehead atoms. The lowest BCUT2D eigenvalue weighted by molar-refractivity contribution is 0.162. The third kappa shape index (κ3) is 11.1. The number of benzene rings is 2. The maximum absolute atomic E-state index is 16.3. The topological polar surface area (TPSA) is 221 Å². The molecular formula is C55H66F4N14O6. The summed E-state index contributed by atoms with van der Waals surface area (Å²) in [7, 11) is 1.48. The molecule has 11 rings (SSSR count). The first-order chi connectivity index (χ1) is 38.2. The minimum Gasteiger partial charge on any atom is -0.341 e. The van der Waals surface area contributed by atoms with Gasteiger partial charge in [-0.05, 0) is 112 Å². The number of carbonyl (C=O) groups is 4. The van der Waals surface area contributed by atoms with Crippen molar-refractivity contribution < 1.29 is 36.7 Å². The summed E-state index contributed by atoms with van der Waals surface area (Å²) < 4.78 is 64.8. The molecule has 2 aromatic carbocycles. The van der Waals surface area contributed by atoms with Gasteiger partial charge in [-0.25, -0.2) is 51.3 Å². The van der Waals surface area contributed by atoms with Gasteiger partial charge in [-0.1, -0.05) is 18.2 Å². The molecule has 6 N–H and O–H groups in total. The van der Waals surface area contributed by atoms with E-state index in [2.05, 4.69) is 36.2 Å². The number of amides is 8. The maximum atomic E-state index is 16.3. The number of urea groups is 4. The predicted octanol–water partition coefficient (Wildman–Crippen LogP) is 6.58. The number of likely N-dealkylation sites (tertiary alicyclic amines) is 4.